The van der Waals surface area contributed by atoms with Crippen molar-refractivity contribution in [2.75, 3.05) is 5.32 Å². The summed E-state index contributed by atoms with van der Waals surface area (Å²) in [6.07, 6.45) is -2.03. The van der Waals surface area contributed by atoms with Crippen LogP contribution in [-0.4, -0.2) is 22.4 Å². The summed E-state index contributed by atoms with van der Waals surface area (Å²) in [5, 5.41) is 3.45. The van der Waals surface area contributed by atoms with Gasteiger partial charge >= 0.3 is 6.36 Å². The molecule has 0 fully saturated rings. The van der Waals surface area contributed by atoms with Crippen molar-refractivity contribution >= 4 is 5.82 Å². The van der Waals surface area contributed by atoms with Gasteiger partial charge in [0.1, 0.15) is 11.6 Å². The monoisotopic (exact) mass is 381 g/mol. The summed E-state index contributed by atoms with van der Waals surface area (Å²) in [6, 6.07) is 4.60. The molecule has 1 aromatic heterocycles. The van der Waals surface area contributed by atoms with Crippen LogP contribution in [0.5, 0.6) is 5.75 Å². The summed E-state index contributed by atoms with van der Waals surface area (Å²) in [4.78, 5) is 9.45. The number of nitrogens with zero attached hydrogens (tertiary/aromatic N) is 2. The SMILES string of the molecule is CCc1nc(-c2ccc(OC(F)(F)F)cc2C)c(C)nc1NC(CC)CC. The number of alkyl halides is 3. The van der Waals surface area contributed by atoms with Crippen LogP contribution in [0.25, 0.3) is 11.3 Å². The minimum atomic E-state index is -4.71. The summed E-state index contributed by atoms with van der Waals surface area (Å²) in [5.41, 5.74) is 3.65. The van der Waals surface area contributed by atoms with Crippen molar-refractivity contribution in [1.82, 2.24) is 9.97 Å². The van der Waals surface area contributed by atoms with Gasteiger partial charge in [-0.2, -0.15) is 0 Å². The summed E-state index contributed by atoms with van der Waals surface area (Å²) >= 11 is 0. The quantitative estimate of drug-likeness (QED) is 0.656. The van der Waals surface area contributed by atoms with E-state index in [0.29, 0.717) is 23.7 Å². The Bertz CT molecular complexity index is 787. The lowest BCUT2D eigenvalue weighted by Gasteiger charge is -2.19. The Morgan fingerprint density at radius 1 is 1.07 bits per heavy atom. The number of nitrogens with one attached hydrogen (secondary N) is 1. The molecule has 1 aromatic carbocycles. The molecule has 0 atom stereocenters. The van der Waals surface area contributed by atoms with Gasteiger partial charge in [-0.1, -0.05) is 20.8 Å². The van der Waals surface area contributed by atoms with Gasteiger partial charge in [0.15, 0.2) is 0 Å². The summed E-state index contributed by atoms with van der Waals surface area (Å²) < 4.78 is 41.2. The fourth-order valence-corrected chi connectivity index (χ4v) is 2.96. The van der Waals surface area contributed by atoms with Crippen molar-refractivity contribution < 1.29 is 17.9 Å². The van der Waals surface area contributed by atoms with Gasteiger partial charge in [-0.05, 0) is 56.9 Å². The van der Waals surface area contributed by atoms with Crippen LogP contribution in [0.4, 0.5) is 19.0 Å². The van der Waals surface area contributed by atoms with Crippen LogP contribution in [0.3, 0.4) is 0 Å². The third-order valence-corrected chi connectivity index (χ3v) is 4.49. The maximum atomic E-state index is 12.4. The molecule has 2 rings (SSSR count). The van der Waals surface area contributed by atoms with Crippen molar-refractivity contribution in [3.8, 4) is 17.0 Å². The van der Waals surface area contributed by atoms with Crippen molar-refractivity contribution in [1.29, 1.82) is 0 Å². The van der Waals surface area contributed by atoms with Gasteiger partial charge in [0.25, 0.3) is 0 Å². The number of anilines is 1. The minimum absolute atomic E-state index is 0.239. The molecule has 0 amide bonds. The van der Waals surface area contributed by atoms with Gasteiger partial charge in [-0.25, -0.2) is 9.97 Å². The molecule has 27 heavy (non-hydrogen) atoms. The second-order valence-corrected chi connectivity index (χ2v) is 6.49. The molecular formula is C20H26F3N3O. The number of aromatic nitrogens is 2. The highest BCUT2D eigenvalue weighted by Crippen LogP contribution is 2.31. The first kappa shape index (κ1) is 21.0. The van der Waals surface area contributed by atoms with E-state index in [1.54, 1.807) is 13.0 Å². The molecule has 4 nitrogen and oxygen atoms in total. The summed E-state index contributed by atoms with van der Waals surface area (Å²) in [6.45, 7) is 9.85. The van der Waals surface area contributed by atoms with E-state index in [-0.39, 0.29) is 5.75 Å². The van der Waals surface area contributed by atoms with Gasteiger partial charge in [0.2, 0.25) is 0 Å². The number of ether oxygens (including phenoxy) is 1. The standard InChI is InChI=1S/C20H26F3N3O/c1-6-14(7-2)25-19-17(8-3)26-18(13(5)24-19)16-10-9-15(11-12(16)4)27-20(21,22)23/h9-11,14H,6-8H2,1-5H3,(H,24,25). The Balaban J connectivity index is 2.41. The topological polar surface area (TPSA) is 47.0 Å². The molecule has 0 spiro atoms. The molecule has 0 saturated carbocycles. The Kier molecular flexibility index (Phi) is 6.68. The Morgan fingerprint density at radius 2 is 1.74 bits per heavy atom. The third kappa shape index (κ3) is 5.34. The maximum absolute atomic E-state index is 12.4. The van der Waals surface area contributed by atoms with Crippen molar-refractivity contribution in [3.05, 3.63) is 35.2 Å². The molecule has 1 N–H and O–H groups in total. The molecule has 7 heteroatoms. The zero-order valence-electron chi connectivity index (χ0n) is 16.4. The number of halogens is 3. The fourth-order valence-electron chi connectivity index (χ4n) is 2.96. The van der Waals surface area contributed by atoms with Crippen molar-refractivity contribution in [2.45, 2.75) is 66.3 Å². The van der Waals surface area contributed by atoms with Gasteiger partial charge < -0.3 is 10.1 Å². The number of rotatable bonds is 7. The normalized spacial score (nSPS) is 11.7. The Morgan fingerprint density at radius 3 is 2.26 bits per heavy atom. The number of aryl methyl sites for hydroxylation is 3. The highest BCUT2D eigenvalue weighted by Gasteiger charge is 2.31. The van der Waals surface area contributed by atoms with Crippen LogP contribution in [0.15, 0.2) is 18.2 Å². The average Bonchev–Trinajstić information content (AvgIpc) is 2.59. The van der Waals surface area contributed by atoms with E-state index >= 15 is 0 Å². The van der Waals surface area contributed by atoms with Crippen molar-refractivity contribution in [3.63, 3.8) is 0 Å². The first-order chi connectivity index (χ1) is 12.7. The van der Waals surface area contributed by atoms with E-state index in [2.05, 4.69) is 23.9 Å². The molecular weight excluding hydrogens is 355 g/mol. The minimum Gasteiger partial charge on any atom is -0.406 e. The van der Waals surface area contributed by atoms with Gasteiger partial charge in [0, 0.05) is 11.6 Å². The molecule has 0 saturated heterocycles. The van der Waals surface area contributed by atoms with Crippen LogP contribution in [0, 0.1) is 13.8 Å². The molecule has 0 unspecified atom stereocenters. The van der Waals surface area contributed by atoms with Crippen LogP contribution < -0.4 is 10.1 Å². The van der Waals surface area contributed by atoms with Crippen LogP contribution in [0.2, 0.25) is 0 Å². The first-order valence-electron chi connectivity index (χ1n) is 9.19. The smallest absolute Gasteiger partial charge is 0.406 e. The highest BCUT2D eigenvalue weighted by atomic mass is 19.4. The molecule has 0 aliphatic rings. The lowest BCUT2D eigenvalue weighted by molar-refractivity contribution is -0.274. The van der Waals surface area contributed by atoms with E-state index in [9.17, 15) is 13.2 Å². The predicted molar refractivity (Wildman–Crippen MR) is 101 cm³/mol. The lowest BCUT2D eigenvalue weighted by atomic mass is 10.0. The second kappa shape index (κ2) is 8.59. The average molecular weight is 381 g/mol. The molecule has 1 heterocycles. The van der Waals surface area contributed by atoms with E-state index in [4.69, 9.17) is 9.97 Å². The maximum Gasteiger partial charge on any atom is 0.573 e. The zero-order chi connectivity index (χ0) is 20.2. The number of hydrogen-bond donors (Lipinski definition) is 1. The van der Waals surface area contributed by atoms with E-state index < -0.39 is 6.36 Å². The zero-order valence-corrected chi connectivity index (χ0v) is 16.4. The molecule has 0 aliphatic carbocycles. The lowest BCUT2D eigenvalue weighted by Crippen LogP contribution is -2.20. The van der Waals surface area contributed by atoms with Crippen LogP contribution in [0.1, 0.15) is 50.6 Å². The molecule has 0 bridgehead atoms. The predicted octanol–water partition coefficient (Wildman–Crippen LogP) is 5.82. The summed E-state index contributed by atoms with van der Waals surface area (Å²) in [7, 11) is 0. The Hall–Kier alpha value is -2.31. The highest BCUT2D eigenvalue weighted by molar-refractivity contribution is 5.68. The van der Waals surface area contributed by atoms with E-state index in [0.717, 1.165) is 35.6 Å². The van der Waals surface area contributed by atoms with E-state index in [1.807, 2.05) is 13.8 Å². The van der Waals surface area contributed by atoms with Crippen molar-refractivity contribution in [2.24, 2.45) is 0 Å². The van der Waals surface area contributed by atoms with Crippen LogP contribution in [-0.2, 0) is 6.42 Å². The summed E-state index contributed by atoms with van der Waals surface area (Å²) in [5.74, 6) is 0.541. The molecule has 0 aliphatic heterocycles. The number of hydrogen-bond acceptors (Lipinski definition) is 4. The molecule has 2 aromatic rings. The third-order valence-electron chi connectivity index (χ3n) is 4.49. The van der Waals surface area contributed by atoms with Gasteiger partial charge in [0.05, 0.1) is 17.1 Å². The second-order valence-electron chi connectivity index (χ2n) is 6.49. The molecule has 148 valence electrons. The van der Waals surface area contributed by atoms with E-state index in [1.165, 1.54) is 12.1 Å². The molecule has 0 radical (unpaired) electrons. The Labute approximate surface area is 158 Å². The van der Waals surface area contributed by atoms with Gasteiger partial charge in [-0.3, -0.25) is 0 Å². The van der Waals surface area contributed by atoms with Crippen LogP contribution >= 0.6 is 0 Å². The first-order valence-corrected chi connectivity index (χ1v) is 9.19. The fraction of sp³-hybridized carbons (Fsp3) is 0.500. The number of benzene rings is 1. The van der Waals surface area contributed by atoms with Gasteiger partial charge in [-0.15, -0.1) is 13.2 Å². The largest absolute Gasteiger partial charge is 0.573 e.